The van der Waals surface area contributed by atoms with Crippen LogP contribution in [-0.2, 0) is 13.1 Å². The van der Waals surface area contributed by atoms with Crippen LogP contribution in [0.3, 0.4) is 0 Å². The third-order valence-corrected chi connectivity index (χ3v) is 9.96. The Morgan fingerprint density at radius 1 is 0.694 bits per heavy atom. The summed E-state index contributed by atoms with van der Waals surface area (Å²) in [5.41, 5.74) is 11.1. The van der Waals surface area contributed by atoms with Gasteiger partial charge < -0.3 is 21.5 Å². The fraction of sp³-hybridized carbons (Fsp3) is 0.0870. The summed E-state index contributed by atoms with van der Waals surface area (Å²) in [5.74, 6) is -1.80. The lowest BCUT2D eigenvalue weighted by Crippen LogP contribution is -2.23. The molecule has 12 nitrogen and oxygen atoms in total. The van der Waals surface area contributed by atoms with Crippen molar-refractivity contribution in [3.05, 3.63) is 189 Å². The van der Waals surface area contributed by atoms with Crippen LogP contribution < -0.4 is 16.4 Å². The van der Waals surface area contributed by atoms with Gasteiger partial charge in [0, 0.05) is 46.1 Å². The molecule has 3 amide bonds. The van der Waals surface area contributed by atoms with Crippen LogP contribution in [-0.4, -0.2) is 49.0 Å². The summed E-state index contributed by atoms with van der Waals surface area (Å²) in [4.78, 5) is 36.8. The van der Waals surface area contributed by atoms with Crippen molar-refractivity contribution in [3.63, 3.8) is 0 Å². The Hall–Kier alpha value is -7.44. The van der Waals surface area contributed by atoms with Gasteiger partial charge in [-0.3, -0.25) is 14.4 Å². The van der Waals surface area contributed by atoms with E-state index in [0.717, 1.165) is 11.0 Å². The van der Waals surface area contributed by atoms with E-state index in [0.29, 0.717) is 65.6 Å². The minimum absolute atomic E-state index is 0.180. The second-order valence-electron chi connectivity index (χ2n) is 13.3. The Labute approximate surface area is 363 Å². The smallest absolute Gasteiger partial charge is 0.252 e. The average Bonchev–Trinajstić information content (AvgIpc) is 3.91. The third-order valence-electron chi connectivity index (χ3n) is 9.26. The van der Waals surface area contributed by atoms with Crippen molar-refractivity contribution in [3.8, 4) is 17.4 Å². The summed E-state index contributed by atoms with van der Waals surface area (Å²) in [6.45, 7) is 2.34. The molecule has 0 bridgehead atoms. The normalized spacial score (nSPS) is 10.5. The number of nitrogens with zero attached hydrogens (tertiary/aromatic N) is 5. The predicted octanol–water partition coefficient (Wildman–Crippen LogP) is 8.47. The van der Waals surface area contributed by atoms with Crippen molar-refractivity contribution in [2.75, 3.05) is 6.61 Å². The summed E-state index contributed by atoms with van der Waals surface area (Å²) in [6, 6.07) is 34.2. The molecule has 0 saturated heterocycles. The number of carbonyl (C=O) groups is 3. The van der Waals surface area contributed by atoms with Crippen molar-refractivity contribution in [1.82, 2.24) is 30.2 Å². The standard InChI is InChI=1S/C22H16ClFN4O2.C22H14ClFN4O.C2H6O/c23-19-10-13(21(25)29)4-5-14(19)11-26-22(30)17-2-1-3-20-18(17)12-27-28(20)16-8-6-15(24)7-9-16;23-20-10-14(11-25)4-5-15(20)12-26-22(29)18-2-1-3-21-19(18)13-27-28(21)17-8-6-16(24)7-9-17;1-2-3/h1-10,12H,11H2,(H2,25,29)(H,26,30);1-10,13H,12H2,(H,26,29);3H,2H2,1H3. The van der Waals surface area contributed by atoms with Crippen molar-refractivity contribution < 1.29 is 28.3 Å². The van der Waals surface area contributed by atoms with E-state index in [1.807, 2.05) is 18.2 Å². The van der Waals surface area contributed by atoms with Crippen LogP contribution in [0.25, 0.3) is 33.2 Å². The first-order valence-corrected chi connectivity index (χ1v) is 19.6. The van der Waals surface area contributed by atoms with E-state index in [4.69, 9.17) is 39.3 Å². The number of nitrogens with two attached hydrogens (primary N) is 1. The predicted molar refractivity (Wildman–Crippen MR) is 233 cm³/mol. The second-order valence-corrected chi connectivity index (χ2v) is 14.1. The highest BCUT2D eigenvalue weighted by Gasteiger charge is 2.17. The maximum Gasteiger partial charge on any atom is 0.252 e. The molecule has 8 aromatic rings. The number of fused-ring (bicyclic) bond motifs is 2. The molecule has 5 N–H and O–H groups in total. The van der Waals surface area contributed by atoms with Crippen LogP contribution in [0, 0.1) is 23.0 Å². The molecule has 62 heavy (non-hydrogen) atoms. The highest BCUT2D eigenvalue weighted by molar-refractivity contribution is 6.32. The van der Waals surface area contributed by atoms with E-state index in [-0.39, 0.29) is 43.1 Å². The summed E-state index contributed by atoms with van der Waals surface area (Å²) < 4.78 is 29.7. The molecule has 0 spiro atoms. The zero-order valence-electron chi connectivity index (χ0n) is 32.8. The molecule has 0 fully saturated rings. The highest BCUT2D eigenvalue weighted by atomic mass is 35.5. The number of nitrogens with one attached hydrogen (secondary N) is 2. The first-order chi connectivity index (χ1) is 29.9. The van der Waals surface area contributed by atoms with Crippen LogP contribution in [0.2, 0.25) is 10.0 Å². The fourth-order valence-electron chi connectivity index (χ4n) is 6.22. The number of primary amides is 1. The molecular formula is C46H36Cl2F2N8O4. The van der Waals surface area contributed by atoms with E-state index in [2.05, 4.69) is 20.8 Å². The van der Waals surface area contributed by atoms with Gasteiger partial charge in [-0.25, -0.2) is 18.1 Å². The minimum atomic E-state index is -0.572. The number of aliphatic hydroxyl groups is 1. The average molecular weight is 874 g/mol. The van der Waals surface area contributed by atoms with E-state index >= 15 is 0 Å². The summed E-state index contributed by atoms with van der Waals surface area (Å²) >= 11 is 12.4. The van der Waals surface area contributed by atoms with Gasteiger partial charge in [-0.05, 0) is 115 Å². The Kier molecular flexibility index (Phi) is 14.4. The Morgan fingerprint density at radius 3 is 1.53 bits per heavy atom. The number of halogens is 4. The van der Waals surface area contributed by atoms with Crippen LogP contribution in [0.1, 0.15) is 54.7 Å². The number of rotatable bonds is 9. The molecule has 16 heteroatoms. The lowest BCUT2D eigenvalue weighted by Gasteiger charge is -2.09. The SMILES string of the molecule is CCO.N#Cc1ccc(CNC(=O)c2cccc3c2cnn3-c2ccc(F)cc2)c(Cl)c1.NC(=O)c1ccc(CNC(=O)c2cccc3c2cnn3-c2ccc(F)cc2)c(Cl)c1. The number of carbonyl (C=O) groups excluding carboxylic acids is 3. The van der Waals surface area contributed by atoms with Gasteiger partial charge >= 0.3 is 0 Å². The number of amides is 3. The number of aliphatic hydroxyl groups excluding tert-OH is 1. The van der Waals surface area contributed by atoms with Gasteiger partial charge in [-0.1, -0.05) is 47.5 Å². The van der Waals surface area contributed by atoms with E-state index < -0.39 is 5.91 Å². The van der Waals surface area contributed by atoms with Crippen LogP contribution >= 0.6 is 23.2 Å². The Morgan fingerprint density at radius 2 is 1.13 bits per heavy atom. The molecule has 0 aliphatic carbocycles. The quantitative estimate of drug-likeness (QED) is 0.112. The third kappa shape index (κ3) is 10.3. The molecule has 2 heterocycles. The molecule has 0 aliphatic rings. The lowest BCUT2D eigenvalue weighted by molar-refractivity contribution is 0.0944. The van der Waals surface area contributed by atoms with Gasteiger partial charge in [0.2, 0.25) is 5.91 Å². The first kappa shape index (κ1) is 44.1. The van der Waals surface area contributed by atoms with Crippen LogP contribution in [0.15, 0.2) is 134 Å². The molecule has 0 radical (unpaired) electrons. The van der Waals surface area contributed by atoms with Crippen molar-refractivity contribution >= 4 is 62.7 Å². The van der Waals surface area contributed by atoms with Crippen molar-refractivity contribution in [2.45, 2.75) is 20.0 Å². The topological polar surface area (TPSA) is 181 Å². The van der Waals surface area contributed by atoms with Gasteiger partial charge in [0.25, 0.3) is 11.8 Å². The summed E-state index contributed by atoms with van der Waals surface area (Å²) in [7, 11) is 0. The molecule has 0 aliphatic heterocycles. The zero-order chi connectivity index (χ0) is 44.3. The van der Waals surface area contributed by atoms with Gasteiger partial charge in [-0.2, -0.15) is 15.5 Å². The molecule has 312 valence electrons. The number of hydrogen-bond acceptors (Lipinski definition) is 7. The van der Waals surface area contributed by atoms with Gasteiger partial charge in [-0.15, -0.1) is 0 Å². The van der Waals surface area contributed by atoms with Gasteiger partial charge in [0.1, 0.15) is 11.6 Å². The molecular weight excluding hydrogens is 837 g/mol. The van der Waals surface area contributed by atoms with E-state index in [9.17, 15) is 23.2 Å². The summed E-state index contributed by atoms with van der Waals surface area (Å²) in [6.07, 6.45) is 3.21. The molecule has 8 rings (SSSR count). The lowest BCUT2D eigenvalue weighted by atomic mass is 10.1. The van der Waals surface area contributed by atoms with Gasteiger partial charge in [0.05, 0.1) is 57.6 Å². The molecule has 0 unspecified atom stereocenters. The minimum Gasteiger partial charge on any atom is -0.397 e. The number of aromatic nitrogens is 4. The first-order valence-electron chi connectivity index (χ1n) is 18.8. The zero-order valence-corrected chi connectivity index (χ0v) is 34.3. The monoisotopic (exact) mass is 872 g/mol. The number of nitriles is 1. The van der Waals surface area contributed by atoms with Gasteiger partial charge in [0.15, 0.2) is 0 Å². The van der Waals surface area contributed by atoms with Crippen molar-refractivity contribution in [1.29, 1.82) is 5.26 Å². The fourth-order valence-corrected chi connectivity index (χ4v) is 6.71. The Balaban J connectivity index is 0.000000195. The van der Waals surface area contributed by atoms with Crippen LogP contribution in [0.5, 0.6) is 0 Å². The maximum atomic E-state index is 13.2. The van der Waals surface area contributed by atoms with Crippen molar-refractivity contribution in [2.24, 2.45) is 5.73 Å². The molecule has 0 saturated carbocycles. The largest absolute Gasteiger partial charge is 0.397 e. The number of hydrogen-bond donors (Lipinski definition) is 4. The number of benzene rings is 6. The van der Waals surface area contributed by atoms with Crippen LogP contribution in [0.4, 0.5) is 8.78 Å². The maximum absolute atomic E-state index is 13.2. The summed E-state index contributed by atoms with van der Waals surface area (Å²) in [5, 5.41) is 33.0. The second kappa shape index (κ2) is 20.2. The molecule has 2 aromatic heterocycles. The Bertz CT molecular complexity index is 2950. The van der Waals surface area contributed by atoms with E-state index in [1.165, 1.54) is 30.3 Å². The molecule has 6 aromatic carbocycles. The molecule has 0 atom stereocenters. The highest BCUT2D eigenvalue weighted by Crippen LogP contribution is 2.25. The van der Waals surface area contributed by atoms with E-state index in [1.54, 1.807) is 108 Å².